The van der Waals surface area contributed by atoms with Gasteiger partial charge >= 0.3 is 5.97 Å². The number of sulfonamides is 1. The van der Waals surface area contributed by atoms with Gasteiger partial charge in [-0.1, -0.05) is 36.7 Å². The Morgan fingerprint density at radius 1 is 1.12 bits per heavy atom. The Labute approximate surface area is 310 Å². The van der Waals surface area contributed by atoms with Crippen LogP contribution in [0.4, 0.5) is 5.69 Å². The quantitative estimate of drug-likeness (QED) is 0.323. The van der Waals surface area contributed by atoms with Crippen LogP contribution in [-0.2, 0) is 40.9 Å². The Morgan fingerprint density at radius 2 is 1.94 bits per heavy atom. The molecule has 2 fully saturated rings. The average Bonchev–Trinajstić information content (AvgIpc) is 3.43. The molecule has 52 heavy (non-hydrogen) atoms. The number of fused-ring (bicyclic) bond motifs is 4. The molecule has 3 aliphatic heterocycles. The van der Waals surface area contributed by atoms with Gasteiger partial charge in [-0.15, -0.1) is 0 Å². The van der Waals surface area contributed by atoms with Crippen molar-refractivity contribution in [1.82, 2.24) is 10.0 Å². The molecule has 3 heterocycles. The molecule has 1 spiro atoms. The van der Waals surface area contributed by atoms with E-state index in [-0.39, 0.29) is 47.7 Å². The first-order valence-corrected chi connectivity index (χ1v) is 20.3. The zero-order valence-electron chi connectivity index (χ0n) is 30.0. The van der Waals surface area contributed by atoms with E-state index in [0.29, 0.717) is 43.3 Å². The molecule has 2 aromatic rings. The van der Waals surface area contributed by atoms with Crippen molar-refractivity contribution in [3.8, 4) is 5.75 Å². The van der Waals surface area contributed by atoms with Gasteiger partial charge in [-0.05, 0) is 105 Å². The minimum Gasteiger partial charge on any atom is -0.490 e. The maximum Gasteiger partial charge on any atom is 0.328 e. The Hall–Kier alpha value is -3.61. The summed E-state index contributed by atoms with van der Waals surface area (Å²) in [6.07, 6.45) is 9.13. The molecule has 11 nitrogen and oxygen atoms in total. The number of hydrogen-bond acceptors (Lipinski definition) is 9. The standard InChI is InChI=1S/C39H48ClN3O8S/c1-24-6-4-16-39(49-3,20-35(44)41-32-14-17-50-37(32)46)31-11-8-28(31)21-43-22-38(15-5-7-26-18-29(40)10-12-30(26)38)23-51-34-13-9-27(19-33(34)43)36(45)42-52(47,48)25(24)2/h4,9-10,12-13,16,18-19,24-25,28,31-32H,5-8,11,14-15,17,20-23H2,1-3H3,(H,41,44)(H,42,45)/b16-4+/t24-,25+,28-,31+,32+,38-,39+/m0/s1. The number of rotatable bonds is 4. The molecule has 2 aromatic carbocycles. The second kappa shape index (κ2) is 14.3. The van der Waals surface area contributed by atoms with Crippen LogP contribution in [0.25, 0.3) is 0 Å². The number of halogens is 1. The summed E-state index contributed by atoms with van der Waals surface area (Å²) in [4.78, 5) is 41.7. The number of esters is 1. The van der Waals surface area contributed by atoms with Crippen LogP contribution < -0.4 is 19.7 Å². The minimum atomic E-state index is -4.05. The Morgan fingerprint density at radius 3 is 2.67 bits per heavy atom. The first kappa shape index (κ1) is 36.7. The number of methoxy groups -OCH3 is 1. The first-order valence-electron chi connectivity index (χ1n) is 18.4. The van der Waals surface area contributed by atoms with E-state index < -0.39 is 38.8 Å². The van der Waals surface area contributed by atoms with Gasteiger partial charge in [-0.25, -0.2) is 17.9 Å². The first-order chi connectivity index (χ1) is 24.8. The SMILES string of the molecule is CO[C@@]1(CC(=O)N[C@@H]2CCOC2=O)/C=C/C[C@H](C)[C@@H](C)S(=O)(=O)NC(=O)c2ccc3c(c2)N(C[C@@H]2CC[C@H]21)C[C@@]1(CCCc2cc(Cl)ccc21)CO3. The summed E-state index contributed by atoms with van der Waals surface area (Å²) in [7, 11) is -2.43. The van der Waals surface area contributed by atoms with E-state index in [1.165, 1.54) is 11.1 Å². The second-order valence-electron chi connectivity index (χ2n) is 15.4. The molecule has 2 N–H and O–H groups in total. The molecule has 1 saturated heterocycles. The van der Waals surface area contributed by atoms with Crippen molar-refractivity contribution in [3.05, 3.63) is 70.3 Å². The molecule has 2 amide bonds. The maximum absolute atomic E-state index is 13.6. The predicted molar refractivity (Wildman–Crippen MR) is 197 cm³/mol. The van der Waals surface area contributed by atoms with Gasteiger partial charge in [0.25, 0.3) is 5.91 Å². The van der Waals surface area contributed by atoms with Crippen molar-refractivity contribution >= 4 is 45.1 Å². The van der Waals surface area contributed by atoms with Crippen LogP contribution in [0.2, 0.25) is 5.02 Å². The number of hydrogen-bond donors (Lipinski definition) is 2. The van der Waals surface area contributed by atoms with Crippen LogP contribution in [0.5, 0.6) is 5.75 Å². The van der Waals surface area contributed by atoms with E-state index in [0.717, 1.165) is 37.8 Å². The lowest BCUT2D eigenvalue weighted by molar-refractivity contribution is -0.143. The van der Waals surface area contributed by atoms with Gasteiger partial charge in [0, 0.05) is 42.6 Å². The molecule has 2 bridgehead atoms. The zero-order valence-corrected chi connectivity index (χ0v) is 31.6. The third-order valence-corrected chi connectivity index (χ3v) is 14.5. The van der Waals surface area contributed by atoms with Crippen LogP contribution in [0.1, 0.15) is 80.3 Å². The summed E-state index contributed by atoms with van der Waals surface area (Å²) in [6, 6.07) is 10.5. The number of amides is 2. The normalized spacial score (nSPS) is 33.3. The van der Waals surface area contributed by atoms with Crippen molar-refractivity contribution in [2.75, 3.05) is 38.3 Å². The van der Waals surface area contributed by atoms with Crippen LogP contribution in [0.3, 0.4) is 0 Å². The summed E-state index contributed by atoms with van der Waals surface area (Å²) in [5.41, 5.74) is 1.99. The van der Waals surface area contributed by atoms with Crippen molar-refractivity contribution in [3.63, 3.8) is 0 Å². The molecular formula is C39H48ClN3O8S. The zero-order chi connectivity index (χ0) is 36.8. The maximum atomic E-state index is 13.6. The monoisotopic (exact) mass is 753 g/mol. The van der Waals surface area contributed by atoms with Gasteiger partial charge in [0.05, 0.1) is 36.2 Å². The van der Waals surface area contributed by atoms with Crippen molar-refractivity contribution in [1.29, 1.82) is 0 Å². The lowest BCUT2D eigenvalue weighted by Gasteiger charge is -2.50. The fourth-order valence-electron chi connectivity index (χ4n) is 8.96. The highest BCUT2D eigenvalue weighted by molar-refractivity contribution is 7.90. The average molecular weight is 754 g/mol. The number of ether oxygens (including phenoxy) is 3. The van der Waals surface area contributed by atoms with E-state index in [9.17, 15) is 22.8 Å². The van der Waals surface area contributed by atoms with E-state index in [1.54, 1.807) is 32.2 Å². The number of nitrogens with one attached hydrogen (secondary N) is 2. The fraction of sp³-hybridized carbons (Fsp3) is 0.564. The van der Waals surface area contributed by atoms with Crippen molar-refractivity contribution in [2.24, 2.45) is 17.8 Å². The topological polar surface area (TPSA) is 140 Å². The Bertz CT molecular complexity index is 1890. The van der Waals surface area contributed by atoms with Gasteiger partial charge in [0.15, 0.2) is 0 Å². The number of aryl methyl sites for hydroxylation is 1. The molecule has 2 aliphatic carbocycles. The number of benzene rings is 2. The molecule has 0 unspecified atom stereocenters. The molecule has 13 heteroatoms. The number of anilines is 1. The lowest BCUT2D eigenvalue weighted by Crippen LogP contribution is -2.55. The molecule has 280 valence electrons. The highest BCUT2D eigenvalue weighted by atomic mass is 35.5. The highest BCUT2D eigenvalue weighted by Crippen LogP contribution is 2.50. The number of carbonyl (C=O) groups excluding carboxylic acids is 3. The molecular weight excluding hydrogens is 706 g/mol. The molecule has 1 saturated carbocycles. The third kappa shape index (κ3) is 6.94. The van der Waals surface area contributed by atoms with Crippen LogP contribution in [0.15, 0.2) is 48.6 Å². The van der Waals surface area contributed by atoms with Crippen LogP contribution >= 0.6 is 11.6 Å². The molecule has 7 atom stereocenters. The fourth-order valence-corrected chi connectivity index (χ4v) is 10.4. The van der Waals surface area contributed by atoms with E-state index >= 15 is 0 Å². The number of nitrogens with zero attached hydrogens (tertiary/aromatic N) is 1. The third-order valence-electron chi connectivity index (χ3n) is 12.3. The van der Waals surface area contributed by atoms with Crippen molar-refractivity contribution < 1.29 is 37.0 Å². The van der Waals surface area contributed by atoms with Gasteiger partial charge in [-0.2, -0.15) is 0 Å². The van der Waals surface area contributed by atoms with E-state index in [1.807, 2.05) is 31.2 Å². The molecule has 7 rings (SSSR count). The van der Waals surface area contributed by atoms with Crippen LogP contribution in [-0.4, -0.2) is 76.5 Å². The van der Waals surface area contributed by atoms with Gasteiger partial charge < -0.3 is 24.4 Å². The lowest BCUT2D eigenvalue weighted by atomic mass is 9.62. The minimum absolute atomic E-state index is 0.00877. The summed E-state index contributed by atoms with van der Waals surface area (Å²) < 4.78 is 47.4. The number of carbonyl (C=O) groups is 3. The number of cyclic esters (lactones) is 1. The summed E-state index contributed by atoms with van der Waals surface area (Å²) in [5.74, 6) is -1.12. The summed E-state index contributed by atoms with van der Waals surface area (Å²) >= 11 is 6.46. The number of allylic oxidation sites excluding steroid dienone is 1. The second-order valence-corrected chi connectivity index (χ2v) is 17.9. The molecule has 0 radical (unpaired) electrons. The van der Waals surface area contributed by atoms with E-state index in [2.05, 4.69) is 21.0 Å². The van der Waals surface area contributed by atoms with E-state index in [4.69, 9.17) is 25.8 Å². The summed E-state index contributed by atoms with van der Waals surface area (Å²) in [5, 5.41) is 2.67. The Balaban J connectivity index is 1.30. The molecule has 0 aromatic heterocycles. The predicted octanol–water partition coefficient (Wildman–Crippen LogP) is 5.09. The van der Waals surface area contributed by atoms with Gasteiger partial charge in [-0.3, -0.25) is 9.59 Å². The van der Waals surface area contributed by atoms with Crippen LogP contribution in [0, 0.1) is 17.8 Å². The van der Waals surface area contributed by atoms with Gasteiger partial charge in [0.2, 0.25) is 15.9 Å². The Kier molecular flexibility index (Phi) is 10.1. The summed E-state index contributed by atoms with van der Waals surface area (Å²) in [6.45, 7) is 5.33. The van der Waals surface area contributed by atoms with Gasteiger partial charge in [0.1, 0.15) is 11.8 Å². The molecule has 5 aliphatic rings. The largest absolute Gasteiger partial charge is 0.490 e. The smallest absolute Gasteiger partial charge is 0.328 e. The highest BCUT2D eigenvalue weighted by Gasteiger charge is 2.50. The van der Waals surface area contributed by atoms with Crippen molar-refractivity contribution in [2.45, 2.75) is 87.5 Å².